The third-order valence-corrected chi connectivity index (χ3v) is 2.92. The first kappa shape index (κ1) is 12.9. The molecule has 0 radical (unpaired) electrons. The lowest BCUT2D eigenvalue weighted by atomic mass is 10.3. The summed E-state index contributed by atoms with van der Waals surface area (Å²) in [6.45, 7) is 0. The largest absolute Gasteiger partial charge is 0.399 e. The maximum atomic E-state index is 12.1. The summed E-state index contributed by atoms with van der Waals surface area (Å²) in [7, 11) is 0. The number of benzene rings is 1. The molecule has 0 unspecified atom stereocenters. The molecule has 0 aliphatic rings. The summed E-state index contributed by atoms with van der Waals surface area (Å²) in [4.78, 5) is 16.1. The highest BCUT2D eigenvalue weighted by atomic mass is 16.2. The Morgan fingerprint density at radius 3 is 2.57 bits per heavy atom. The standard InChI is InChI=1S/C15H13N5O/c16-11-4-6-12(7-5-11)20-14(8-10-18-20)19-15(21)13-3-1-2-9-17-13/h1-10H,16H2,(H,19,21). The van der Waals surface area contributed by atoms with Gasteiger partial charge in [0, 0.05) is 18.0 Å². The maximum Gasteiger partial charge on any atom is 0.275 e. The van der Waals surface area contributed by atoms with Gasteiger partial charge >= 0.3 is 0 Å². The molecular weight excluding hydrogens is 266 g/mol. The molecule has 3 aromatic rings. The van der Waals surface area contributed by atoms with Gasteiger partial charge in [-0.25, -0.2) is 4.68 Å². The van der Waals surface area contributed by atoms with Gasteiger partial charge < -0.3 is 11.1 Å². The molecule has 0 bridgehead atoms. The number of nitrogen functional groups attached to an aromatic ring is 1. The van der Waals surface area contributed by atoms with E-state index in [0.717, 1.165) is 5.69 Å². The van der Waals surface area contributed by atoms with Gasteiger partial charge in [-0.05, 0) is 36.4 Å². The number of aromatic nitrogens is 3. The summed E-state index contributed by atoms with van der Waals surface area (Å²) < 4.78 is 1.63. The fraction of sp³-hybridized carbons (Fsp3) is 0. The van der Waals surface area contributed by atoms with Crippen LogP contribution >= 0.6 is 0 Å². The minimum Gasteiger partial charge on any atom is -0.399 e. The molecule has 0 spiro atoms. The Bertz CT molecular complexity index is 749. The molecule has 0 saturated heterocycles. The predicted molar refractivity (Wildman–Crippen MR) is 80.2 cm³/mol. The number of carbonyl (C=O) groups excluding carboxylic acids is 1. The van der Waals surface area contributed by atoms with E-state index in [-0.39, 0.29) is 5.91 Å². The number of nitrogens with zero attached hydrogens (tertiary/aromatic N) is 3. The van der Waals surface area contributed by atoms with Gasteiger partial charge in [0.15, 0.2) is 0 Å². The highest BCUT2D eigenvalue weighted by molar-refractivity contribution is 6.02. The molecule has 3 N–H and O–H groups in total. The van der Waals surface area contributed by atoms with E-state index in [4.69, 9.17) is 5.73 Å². The molecule has 2 heterocycles. The molecule has 0 fully saturated rings. The lowest BCUT2D eigenvalue weighted by Crippen LogP contribution is -2.16. The van der Waals surface area contributed by atoms with Gasteiger partial charge in [-0.3, -0.25) is 9.78 Å². The number of nitrogens with one attached hydrogen (secondary N) is 1. The zero-order valence-corrected chi connectivity index (χ0v) is 11.1. The van der Waals surface area contributed by atoms with Gasteiger partial charge in [0.2, 0.25) is 0 Å². The van der Waals surface area contributed by atoms with E-state index >= 15 is 0 Å². The SMILES string of the molecule is Nc1ccc(-n2nccc2NC(=O)c2ccccn2)cc1. The summed E-state index contributed by atoms with van der Waals surface area (Å²) in [5.41, 5.74) is 7.50. The summed E-state index contributed by atoms with van der Waals surface area (Å²) in [6, 6.07) is 14.1. The van der Waals surface area contributed by atoms with Gasteiger partial charge in [-0.15, -0.1) is 0 Å². The molecule has 3 rings (SSSR count). The van der Waals surface area contributed by atoms with Gasteiger partial charge in [0.1, 0.15) is 11.5 Å². The Kier molecular flexibility index (Phi) is 3.34. The molecule has 0 saturated carbocycles. The van der Waals surface area contributed by atoms with E-state index < -0.39 is 0 Å². The average Bonchev–Trinajstić information content (AvgIpc) is 2.97. The number of hydrogen-bond donors (Lipinski definition) is 2. The monoisotopic (exact) mass is 279 g/mol. The minimum atomic E-state index is -0.284. The highest BCUT2D eigenvalue weighted by Crippen LogP contribution is 2.16. The van der Waals surface area contributed by atoms with Crippen molar-refractivity contribution in [3.8, 4) is 5.69 Å². The van der Waals surface area contributed by atoms with E-state index in [1.165, 1.54) is 0 Å². The van der Waals surface area contributed by atoms with Crippen LogP contribution in [0.3, 0.4) is 0 Å². The number of hydrogen-bond acceptors (Lipinski definition) is 4. The normalized spacial score (nSPS) is 10.3. The van der Waals surface area contributed by atoms with Gasteiger partial charge in [-0.2, -0.15) is 5.10 Å². The number of anilines is 2. The van der Waals surface area contributed by atoms with Crippen LogP contribution in [0.4, 0.5) is 11.5 Å². The summed E-state index contributed by atoms with van der Waals surface area (Å²) in [5, 5.41) is 6.99. The maximum absolute atomic E-state index is 12.1. The van der Waals surface area contributed by atoms with E-state index in [9.17, 15) is 4.79 Å². The number of pyridine rings is 1. The molecule has 6 heteroatoms. The third-order valence-electron chi connectivity index (χ3n) is 2.92. The van der Waals surface area contributed by atoms with Crippen molar-refractivity contribution in [1.82, 2.24) is 14.8 Å². The first-order valence-electron chi connectivity index (χ1n) is 6.36. The predicted octanol–water partition coefficient (Wildman–Crippen LogP) is 2.10. The molecule has 0 aliphatic carbocycles. The van der Waals surface area contributed by atoms with Crippen LogP contribution in [0.2, 0.25) is 0 Å². The molecule has 0 atom stereocenters. The van der Waals surface area contributed by atoms with Crippen molar-refractivity contribution in [2.45, 2.75) is 0 Å². The van der Waals surface area contributed by atoms with Crippen LogP contribution in [0.15, 0.2) is 60.9 Å². The summed E-state index contributed by atoms with van der Waals surface area (Å²) in [6.07, 6.45) is 3.19. The molecule has 0 aliphatic heterocycles. The van der Waals surface area contributed by atoms with Gasteiger partial charge in [-0.1, -0.05) is 6.07 Å². The van der Waals surface area contributed by atoms with E-state index in [2.05, 4.69) is 15.4 Å². The van der Waals surface area contributed by atoms with Crippen molar-refractivity contribution in [2.75, 3.05) is 11.1 Å². The molecule has 6 nitrogen and oxygen atoms in total. The van der Waals surface area contributed by atoms with E-state index in [1.54, 1.807) is 53.5 Å². The Balaban J connectivity index is 1.86. The summed E-state index contributed by atoms with van der Waals surface area (Å²) in [5.74, 6) is 0.281. The van der Waals surface area contributed by atoms with Crippen molar-refractivity contribution in [3.63, 3.8) is 0 Å². The van der Waals surface area contributed by atoms with Crippen molar-refractivity contribution in [1.29, 1.82) is 0 Å². The Morgan fingerprint density at radius 2 is 1.86 bits per heavy atom. The van der Waals surface area contributed by atoms with Crippen LogP contribution in [-0.4, -0.2) is 20.7 Å². The third kappa shape index (κ3) is 2.74. The van der Waals surface area contributed by atoms with Crippen LogP contribution < -0.4 is 11.1 Å². The van der Waals surface area contributed by atoms with E-state index in [0.29, 0.717) is 17.2 Å². The second-order valence-electron chi connectivity index (χ2n) is 4.39. The van der Waals surface area contributed by atoms with Crippen LogP contribution in [0, 0.1) is 0 Å². The molecule has 2 aromatic heterocycles. The minimum absolute atomic E-state index is 0.284. The van der Waals surface area contributed by atoms with Crippen molar-refractivity contribution >= 4 is 17.4 Å². The van der Waals surface area contributed by atoms with Gasteiger partial charge in [0.05, 0.1) is 11.9 Å². The first-order valence-corrected chi connectivity index (χ1v) is 6.36. The molecule has 1 aromatic carbocycles. The number of amides is 1. The number of nitrogens with two attached hydrogens (primary N) is 1. The second kappa shape index (κ2) is 5.46. The molecule has 21 heavy (non-hydrogen) atoms. The zero-order chi connectivity index (χ0) is 14.7. The van der Waals surface area contributed by atoms with Crippen LogP contribution in [0.5, 0.6) is 0 Å². The smallest absolute Gasteiger partial charge is 0.275 e. The van der Waals surface area contributed by atoms with Crippen LogP contribution in [0.25, 0.3) is 5.69 Å². The lowest BCUT2D eigenvalue weighted by Gasteiger charge is -2.08. The fourth-order valence-corrected chi connectivity index (χ4v) is 1.90. The van der Waals surface area contributed by atoms with Crippen LogP contribution in [0.1, 0.15) is 10.5 Å². The first-order chi connectivity index (χ1) is 10.2. The quantitative estimate of drug-likeness (QED) is 0.719. The van der Waals surface area contributed by atoms with Crippen molar-refractivity contribution in [3.05, 3.63) is 66.6 Å². The molecule has 104 valence electrons. The molecule has 1 amide bonds. The number of carbonyl (C=O) groups is 1. The van der Waals surface area contributed by atoms with Crippen molar-refractivity contribution in [2.24, 2.45) is 0 Å². The topological polar surface area (TPSA) is 85.8 Å². The molecular formula is C15H13N5O. The Morgan fingerprint density at radius 1 is 1.05 bits per heavy atom. The highest BCUT2D eigenvalue weighted by Gasteiger charge is 2.11. The zero-order valence-electron chi connectivity index (χ0n) is 11.1. The fourth-order valence-electron chi connectivity index (χ4n) is 1.90. The Hall–Kier alpha value is -3.15. The number of rotatable bonds is 3. The Labute approximate surface area is 121 Å². The summed E-state index contributed by atoms with van der Waals surface area (Å²) >= 11 is 0. The van der Waals surface area contributed by atoms with Crippen molar-refractivity contribution < 1.29 is 4.79 Å². The lowest BCUT2D eigenvalue weighted by molar-refractivity contribution is 0.102. The van der Waals surface area contributed by atoms with Crippen LogP contribution in [-0.2, 0) is 0 Å². The average molecular weight is 279 g/mol. The van der Waals surface area contributed by atoms with Gasteiger partial charge in [0.25, 0.3) is 5.91 Å². The van der Waals surface area contributed by atoms with E-state index in [1.807, 2.05) is 12.1 Å². The second-order valence-corrected chi connectivity index (χ2v) is 4.39.